The molecule has 5 heteroatoms. The number of carbonyl (C=O) groups excluding carboxylic acids is 2. The summed E-state index contributed by atoms with van der Waals surface area (Å²) in [5, 5.41) is 3.52. The third-order valence-electron chi connectivity index (χ3n) is 5.33. The minimum absolute atomic E-state index is 0.0546. The van der Waals surface area contributed by atoms with Gasteiger partial charge in [0, 0.05) is 31.0 Å². The lowest BCUT2D eigenvalue weighted by atomic mass is 10.0. The van der Waals surface area contributed by atoms with Gasteiger partial charge >= 0.3 is 0 Å². The van der Waals surface area contributed by atoms with Gasteiger partial charge in [-0.05, 0) is 42.2 Å². The highest BCUT2D eigenvalue weighted by molar-refractivity contribution is 6.30. The van der Waals surface area contributed by atoms with Crippen molar-refractivity contribution in [2.45, 2.75) is 38.8 Å². The van der Waals surface area contributed by atoms with Gasteiger partial charge < -0.3 is 10.2 Å². The predicted octanol–water partition coefficient (Wildman–Crippen LogP) is 5.05. The molecule has 0 aliphatic heterocycles. The average Bonchev–Trinajstić information content (AvgIpc) is 2.81. The lowest BCUT2D eigenvalue weighted by Gasteiger charge is -2.31. The Morgan fingerprint density at radius 2 is 1.50 bits per heavy atom. The summed E-state index contributed by atoms with van der Waals surface area (Å²) in [6.45, 7) is 2.71. The first-order chi connectivity index (χ1) is 15.6. The highest BCUT2D eigenvalue weighted by Gasteiger charge is 2.29. The molecule has 1 unspecified atom stereocenters. The van der Waals surface area contributed by atoms with Gasteiger partial charge in [0.2, 0.25) is 11.8 Å². The van der Waals surface area contributed by atoms with Gasteiger partial charge in [-0.3, -0.25) is 9.59 Å². The van der Waals surface area contributed by atoms with Crippen LogP contribution in [-0.2, 0) is 29.0 Å². The largest absolute Gasteiger partial charge is 0.355 e. The quantitative estimate of drug-likeness (QED) is 0.472. The number of amides is 2. The van der Waals surface area contributed by atoms with Gasteiger partial charge in [0.1, 0.15) is 6.04 Å². The number of rotatable bonds is 10. The summed E-state index contributed by atoms with van der Waals surface area (Å²) in [7, 11) is 0. The molecular formula is C27H29ClN2O2. The van der Waals surface area contributed by atoms with Crippen LogP contribution in [0.2, 0.25) is 5.02 Å². The molecular weight excluding hydrogens is 420 g/mol. The minimum atomic E-state index is -0.611. The van der Waals surface area contributed by atoms with E-state index in [2.05, 4.69) is 5.32 Å². The van der Waals surface area contributed by atoms with Crippen LogP contribution >= 0.6 is 11.6 Å². The maximum absolute atomic E-state index is 13.5. The van der Waals surface area contributed by atoms with E-state index in [-0.39, 0.29) is 11.8 Å². The highest BCUT2D eigenvalue weighted by Crippen LogP contribution is 2.19. The van der Waals surface area contributed by atoms with E-state index in [0.29, 0.717) is 37.4 Å². The van der Waals surface area contributed by atoms with Crippen molar-refractivity contribution >= 4 is 23.4 Å². The second-order valence-electron chi connectivity index (χ2n) is 7.74. The van der Waals surface area contributed by atoms with E-state index in [1.807, 2.05) is 85.8 Å². The lowest BCUT2D eigenvalue weighted by molar-refractivity contribution is -0.141. The molecule has 0 aliphatic carbocycles. The van der Waals surface area contributed by atoms with Gasteiger partial charge in [-0.1, -0.05) is 84.4 Å². The summed E-state index contributed by atoms with van der Waals surface area (Å²) in [6, 6.07) is 26.6. The van der Waals surface area contributed by atoms with Crippen molar-refractivity contribution < 1.29 is 9.59 Å². The fourth-order valence-corrected chi connectivity index (χ4v) is 3.93. The van der Waals surface area contributed by atoms with Gasteiger partial charge in [-0.25, -0.2) is 0 Å². The van der Waals surface area contributed by atoms with Crippen molar-refractivity contribution in [3.05, 3.63) is 107 Å². The van der Waals surface area contributed by atoms with Crippen molar-refractivity contribution in [3.8, 4) is 0 Å². The number of hydrogen-bond donors (Lipinski definition) is 1. The molecule has 3 aromatic carbocycles. The zero-order valence-electron chi connectivity index (χ0n) is 18.3. The van der Waals surface area contributed by atoms with E-state index in [0.717, 1.165) is 16.7 Å². The van der Waals surface area contributed by atoms with Crippen LogP contribution in [0.15, 0.2) is 84.9 Å². The topological polar surface area (TPSA) is 49.4 Å². The average molecular weight is 449 g/mol. The summed E-state index contributed by atoms with van der Waals surface area (Å²) in [4.78, 5) is 28.3. The summed E-state index contributed by atoms with van der Waals surface area (Å²) in [5.41, 5.74) is 3.00. The number of halogens is 1. The van der Waals surface area contributed by atoms with E-state index in [1.165, 1.54) is 0 Å². The molecule has 1 N–H and O–H groups in total. The molecule has 1 atom stereocenters. The Bertz CT molecular complexity index is 1010. The standard InChI is InChI=1S/C27H29ClN2O2/c1-2-29-27(32)25(19-22-12-7-4-8-13-22)30(20-23-14-9-15-24(28)18-23)26(31)17-16-21-10-5-3-6-11-21/h3-15,18,25H,2,16-17,19-20H2,1H3,(H,29,32). The molecule has 3 rings (SSSR count). The summed E-state index contributed by atoms with van der Waals surface area (Å²) in [6.07, 6.45) is 1.40. The second-order valence-corrected chi connectivity index (χ2v) is 8.17. The predicted molar refractivity (Wildman–Crippen MR) is 129 cm³/mol. The first kappa shape index (κ1) is 23.6. The SMILES string of the molecule is CCNC(=O)C(Cc1ccccc1)N(Cc1cccc(Cl)c1)C(=O)CCc1ccccc1. The lowest BCUT2D eigenvalue weighted by Crippen LogP contribution is -2.50. The van der Waals surface area contributed by atoms with Crippen LogP contribution in [0.4, 0.5) is 0 Å². The number of likely N-dealkylation sites (N-methyl/N-ethyl adjacent to an activating group) is 1. The molecule has 0 aromatic heterocycles. The van der Waals surface area contributed by atoms with E-state index < -0.39 is 6.04 Å². The monoisotopic (exact) mass is 448 g/mol. The molecule has 166 valence electrons. The number of aryl methyl sites for hydroxylation is 1. The van der Waals surface area contributed by atoms with Crippen molar-refractivity contribution in [1.29, 1.82) is 0 Å². The Labute approximate surface area is 195 Å². The number of nitrogens with zero attached hydrogens (tertiary/aromatic N) is 1. The number of benzene rings is 3. The molecule has 0 heterocycles. The van der Waals surface area contributed by atoms with Crippen LogP contribution in [-0.4, -0.2) is 29.3 Å². The molecule has 0 saturated heterocycles. The number of hydrogen-bond acceptors (Lipinski definition) is 2. The third-order valence-corrected chi connectivity index (χ3v) is 5.57. The van der Waals surface area contributed by atoms with Gasteiger partial charge in [-0.15, -0.1) is 0 Å². The molecule has 0 saturated carbocycles. The molecule has 0 aliphatic rings. The molecule has 0 spiro atoms. The Morgan fingerprint density at radius 3 is 2.12 bits per heavy atom. The first-order valence-corrected chi connectivity index (χ1v) is 11.3. The molecule has 3 aromatic rings. The van der Waals surface area contributed by atoms with Crippen LogP contribution in [0.5, 0.6) is 0 Å². The minimum Gasteiger partial charge on any atom is -0.355 e. The maximum Gasteiger partial charge on any atom is 0.243 e. The Hall–Kier alpha value is -3.11. The highest BCUT2D eigenvalue weighted by atomic mass is 35.5. The number of carbonyl (C=O) groups is 2. The summed E-state index contributed by atoms with van der Waals surface area (Å²) in [5.74, 6) is -0.201. The van der Waals surface area contributed by atoms with E-state index >= 15 is 0 Å². The molecule has 0 radical (unpaired) electrons. The van der Waals surface area contributed by atoms with Crippen LogP contribution in [0.25, 0.3) is 0 Å². The smallest absolute Gasteiger partial charge is 0.243 e. The fraction of sp³-hybridized carbons (Fsp3) is 0.259. The van der Waals surface area contributed by atoms with Gasteiger partial charge in [0.25, 0.3) is 0 Å². The Kier molecular flexibility index (Phi) is 8.88. The van der Waals surface area contributed by atoms with Gasteiger partial charge in [-0.2, -0.15) is 0 Å². The molecule has 2 amide bonds. The first-order valence-electron chi connectivity index (χ1n) is 11.0. The van der Waals surface area contributed by atoms with Crippen molar-refractivity contribution in [2.24, 2.45) is 0 Å². The van der Waals surface area contributed by atoms with Crippen molar-refractivity contribution in [2.75, 3.05) is 6.54 Å². The summed E-state index contributed by atoms with van der Waals surface area (Å²) >= 11 is 6.19. The molecule has 4 nitrogen and oxygen atoms in total. The molecule has 0 bridgehead atoms. The second kappa shape index (κ2) is 12.1. The Balaban J connectivity index is 1.88. The Morgan fingerprint density at radius 1 is 0.875 bits per heavy atom. The zero-order valence-corrected chi connectivity index (χ0v) is 19.1. The summed E-state index contributed by atoms with van der Waals surface area (Å²) < 4.78 is 0. The van der Waals surface area contributed by atoms with Crippen LogP contribution < -0.4 is 5.32 Å². The van der Waals surface area contributed by atoms with Crippen LogP contribution in [0, 0.1) is 0 Å². The van der Waals surface area contributed by atoms with Crippen LogP contribution in [0.1, 0.15) is 30.0 Å². The number of nitrogens with one attached hydrogen (secondary N) is 1. The van der Waals surface area contributed by atoms with Crippen molar-refractivity contribution in [1.82, 2.24) is 10.2 Å². The normalized spacial score (nSPS) is 11.6. The fourth-order valence-electron chi connectivity index (χ4n) is 3.72. The van der Waals surface area contributed by atoms with Crippen LogP contribution in [0.3, 0.4) is 0 Å². The zero-order chi connectivity index (χ0) is 22.8. The van der Waals surface area contributed by atoms with Gasteiger partial charge in [0.05, 0.1) is 0 Å². The van der Waals surface area contributed by atoms with E-state index in [9.17, 15) is 9.59 Å². The molecule has 0 fully saturated rings. The van der Waals surface area contributed by atoms with E-state index in [1.54, 1.807) is 11.0 Å². The molecule has 32 heavy (non-hydrogen) atoms. The maximum atomic E-state index is 13.5. The van der Waals surface area contributed by atoms with E-state index in [4.69, 9.17) is 11.6 Å². The van der Waals surface area contributed by atoms with Gasteiger partial charge in [0.15, 0.2) is 0 Å². The van der Waals surface area contributed by atoms with Crippen molar-refractivity contribution in [3.63, 3.8) is 0 Å². The third kappa shape index (κ3) is 6.96.